The molecule has 0 fully saturated rings. The number of para-hydroxylation sites is 1. The van der Waals surface area contributed by atoms with Crippen molar-refractivity contribution in [2.24, 2.45) is 12.0 Å². The first-order valence-electron chi connectivity index (χ1n) is 12.3. The summed E-state index contributed by atoms with van der Waals surface area (Å²) in [5.41, 5.74) is 4.96. The molecule has 0 bridgehead atoms. The van der Waals surface area contributed by atoms with Crippen molar-refractivity contribution < 1.29 is 9.53 Å². The summed E-state index contributed by atoms with van der Waals surface area (Å²) in [4.78, 5) is 31.1. The first kappa shape index (κ1) is 25.0. The highest BCUT2D eigenvalue weighted by Crippen LogP contribution is 2.33. The van der Waals surface area contributed by atoms with Crippen molar-refractivity contribution in [2.75, 3.05) is 11.9 Å². The van der Waals surface area contributed by atoms with Gasteiger partial charge in [-0.1, -0.05) is 48.0 Å². The monoisotopic (exact) mass is 557 g/mol. The van der Waals surface area contributed by atoms with Crippen molar-refractivity contribution in [1.82, 2.24) is 13.9 Å². The van der Waals surface area contributed by atoms with Gasteiger partial charge in [0.05, 0.1) is 29.3 Å². The molecule has 1 aliphatic rings. The summed E-state index contributed by atoms with van der Waals surface area (Å²) < 4.78 is 11.0. The van der Waals surface area contributed by atoms with Gasteiger partial charge < -0.3 is 14.6 Å². The summed E-state index contributed by atoms with van der Waals surface area (Å²) in [6.45, 7) is 2.33. The van der Waals surface area contributed by atoms with Crippen LogP contribution in [0.3, 0.4) is 0 Å². The fourth-order valence-corrected chi connectivity index (χ4v) is 5.73. The molecule has 0 saturated carbocycles. The molecule has 0 unspecified atom stereocenters. The number of anilines is 1. The Hall–Kier alpha value is -4.34. The molecule has 6 rings (SSSR count). The third-order valence-electron chi connectivity index (χ3n) is 6.72. The van der Waals surface area contributed by atoms with Crippen molar-refractivity contribution in [3.63, 3.8) is 0 Å². The largest absolute Gasteiger partial charge is 0.482 e. The van der Waals surface area contributed by atoms with E-state index in [4.69, 9.17) is 21.3 Å². The van der Waals surface area contributed by atoms with E-state index in [1.54, 1.807) is 4.68 Å². The molecule has 1 N–H and O–H groups in total. The highest BCUT2D eigenvalue weighted by molar-refractivity contribution is 7.07. The Morgan fingerprint density at radius 3 is 2.62 bits per heavy atom. The third kappa shape index (κ3) is 4.60. The Balaban J connectivity index is 1.53. The molecule has 8 nitrogen and oxygen atoms in total. The Morgan fingerprint density at radius 2 is 1.82 bits per heavy atom. The predicted molar refractivity (Wildman–Crippen MR) is 153 cm³/mol. The van der Waals surface area contributed by atoms with E-state index in [-0.39, 0.29) is 18.1 Å². The van der Waals surface area contributed by atoms with Gasteiger partial charge >= 0.3 is 0 Å². The fourth-order valence-electron chi connectivity index (χ4n) is 4.62. The number of amides is 1. The maximum atomic E-state index is 13.6. The van der Waals surface area contributed by atoms with Crippen molar-refractivity contribution in [3.05, 3.63) is 110 Å². The molecule has 2 aromatic heterocycles. The van der Waals surface area contributed by atoms with Crippen LogP contribution in [0, 0.1) is 6.92 Å². The van der Waals surface area contributed by atoms with Crippen molar-refractivity contribution in [3.8, 4) is 22.7 Å². The van der Waals surface area contributed by atoms with Crippen LogP contribution in [0.25, 0.3) is 16.9 Å². The van der Waals surface area contributed by atoms with Crippen LogP contribution in [0.2, 0.25) is 5.02 Å². The predicted octanol–water partition coefficient (Wildman–Crippen LogP) is 5.28. The number of ether oxygens (including phenoxy) is 1. The summed E-state index contributed by atoms with van der Waals surface area (Å²) in [6.07, 6.45) is 0. The van der Waals surface area contributed by atoms with Gasteiger partial charge in [0.2, 0.25) is 0 Å². The minimum atomic E-state index is -0.200. The van der Waals surface area contributed by atoms with Gasteiger partial charge in [0.25, 0.3) is 11.5 Å². The minimum Gasteiger partial charge on any atom is -0.482 e. The molecule has 0 atom stereocenters. The lowest BCUT2D eigenvalue weighted by Crippen LogP contribution is -2.25. The van der Waals surface area contributed by atoms with E-state index >= 15 is 0 Å². The number of fused-ring (bicyclic) bond motifs is 1. The number of carbonyl (C=O) groups excluding carboxylic acids is 1. The van der Waals surface area contributed by atoms with E-state index in [9.17, 15) is 9.59 Å². The maximum absolute atomic E-state index is 13.6. The molecule has 1 aliphatic heterocycles. The Bertz CT molecular complexity index is 1850. The smallest absolute Gasteiger partial charge is 0.297 e. The van der Waals surface area contributed by atoms with Gasteiger partial charge in [0.15, 0.2) is 17.1 Å². The van der Waals surface area contributed by atoms with E-state index in [1.807, 2.05) is 101 Å². The molecule has 5 aromatic rings. The number of rotatable bonds is 5. The fraction of sp³-hybridized carbons (Fsp3) is 0.138. The standard InChI is InChI=1S/C29H24ClN5O3S/c1-18-27(28(37)35(33(18)2)21-9-4-3-5-10-21)32-29-34(15-20-8-6-7-11-22(20)30)24(17-39-29)19-12-13-25-23(14-19)31-26(36)16-38-25/h3-14,17H,15-16H2,1-2H3,(H,31,36). The molecule has 0 spiro atoms. The molecule has 196 valence electrons. The van der Waals surface area contributed by atoms with Gasteiger partial charge in [-0.3, -0.25) is 14.3 Å². The number of thiazole rings is 1. The van der Waals surface area contributed by atoms with Gasteiger partial charge in [-0.25, -0.2) is 9.67 Å². The number of benzene rings is 3. The Morgan fingerprint density at radius 1 is 1.05 bits per heavy atom. The number of nitrogens with zero attached hydrogens (tertiary/aromatic N) is 4. The Labute approximate surface area is 233 Å². The van der Waals surface area contributed by atoms with Crippen LogP contribution in [-0.2, 0) is 18.4 Å². The van der Waals surface area contributed by atoms with Crippen LogP contribution >= 0.6 is 22.9 Å². The molecular formula is C29H24ClN5O3S. The summed E-state index contributed by atoms with van der Waals surface area (Å²) in [6, 6.07) is 22.8. The van der Waals surface area contributed by atoms with Crippen molar-refractivity contribution in [1.29, 1.82) is 0 Å². The second kappa shape index (κ2) is 10.1. The van der Waals surface area contributed by atoms with Crippen LogP contribution < -0.4 is 20.4 Å². The zero-order chi connectivity index (χ0) is 27.1. The third-order valence-corrected chi connectivity index (χ3v) is 7.96. The molecule has 10 heteroatoms. The van der Waals surface area contributed by atoms with Gasteiger partial charge in [-0.05, 0) is 48.9 Å². The number of carbonyl (C=O) groups is 1. The molecule has 0 saturated heterocycles. The van der Waals surface area contributed by atoms with Crippen LogP contribution in [-0.4, -0.2) is 26.4 Å². The number of halogens is 1. The second-order valence-corrected chi connectivity index (χ2v) is 10.4. The maximum Gasteiger partial charge on any atom is 0.297 e. The van der Waals surface area contributed by atoms with E-state index in [1.165, 1.54) is 11.3 Å². The van der Waals surface area contributed by atoms with Crippen LogP contribution in [0.1, 0.15) is 11.3 Å². The Kier molecular flexibility index (Phi) is 6.46. The molecule has 0 radical (unpaired) electrons. The quantitative estimate of drug-likeness (QED) is 0.319. The van der Waals surface area contributed by atoms with Crippen LogP contribution in [0.15, 0.2) is 88.0 Å². The lowest BCUT2D eigenvalue weighted by molar-refractivity contribution is -0.118. The van der Waals surface area contributed by atoms with Gasteiger partial charge in [0.1, 0.15) is 5.75 Å². The highest BCUT2D eigenvalue weighted by atomic mass is 35.5. The first-order chi connectivity index (χ1) is 18.9. The summed E-state index contributed by atoms with van der Waals surface area (Å²) in [5.74, 6) is 0.427. The topological polar surface area (TPSA) is 82.6 Å². The zero-order valence-electron chi connectivity index (χ0n) is 21.2. The lowest BCUT2D eigenvalue weighted by Gasteiger charge is -2.19. The first-order valence-corrected chi connectivity index (χ1v) is 13.5. The van der Waals surface area contributed by atoms with E-state index < -0.39 is 0 Å². The van der Waals surface area contributed by atoms with Crippen LogP contribution in [0.4, 0.5) is 11.4 Å². The van der Waals surface area contributed by atoms with E-state index in [0.29, 0.717) is 33.5 Å². The summed E-state index contributed by atoms with van der Waals surface area (Å²) in [7, 11) is 1.85. The average molecular weight is 558 g/mol. The number of hydrogen-bond donors (Lipinski definition) is 1. The summed E-state index contributed by atoms with van der Waals surface area (Å²) >= 11 is 7.98. The molecule has 39 heavy (non-hydrogen) atoms. The highest BCUT2D eigenvalue weighted by Gasteiger charge is 2.20. The molecule has 1 amide bonds. The molecular weight excluding hydrogens is 534 g/mol. The molecule has 3 aromatic carbocycles. The molecule has 0 aliphatic carbocycles. The zero-order valence-corrected chi connectivity index (χ0v) is 22.8. The van der Waals surface area contributed by atoms with E-state index in [0.717, 1.165) is 28.2 Å². The SMILES string of the molecule is Cc1c(N=c2scc(-c3ccc4c(c3)NC(=O)CO4)n2Cc2ccccc2Cl)c(=O)n(-c2ccccc2)n1C. The molecule has 3 heterocycles. The summed E-state index contributed by atoms with van der Waals surface area (Å²) in [5, 5.41) is 5.51. The lowest BCUT2D eigenvalue weighted by atomic mass is 10.1. The number of nitrogens with one attached hydrogen (secondary N) is 1. The minimum absolute atomic E-state index is 0.00271. The second-order valence-electron chi connectivity index (χ2n) is 9.15. The number of hydrogen-bond acceptors (Lipinski definition) is 5. The van der Waals surface area contributed by atoms with E-state index in [2.05, 4.69) is 5.32 Å². The normalized spacial score (nSPS) is 13.2. The number of aromatic nitrogens is 3. The van der Waals surface area contributed by atoms with Crippen molar-refractivity contribution in [2.45, 2.75) is 13.5 Å². The average Bonchev–Trinajstić information content (AvgIpc) is 3.43. The van der Waals surface area contributed by atoms with Gasteiger partial charge in [0, 0.05) is 23.0 Å². The van der Waals surface area contributed by atoms with Crippen molar-refractivity contribution >= 4 is 40.2 Å². The van der Waals surface area contributed by atoms with Crippen LogP contribution in [0.5, 0.6) is 5.75 Å². The van der Waals surface area contributed by atoms with Gasteiger partial charge in [-0.2, -0.15) is 0 Å². The van der Waals surface area contributed by atoms with Gasteiger partial charge in [-0.15, -0.1) is 11.3 Å².